The molecule has 0 bridgehead atoms. The number of aliphatic hydroxyl groups excluding tert-OH is 1. The van der Waals surface area contributed by atoms with Crippen LogP contribution in [0, 0.1) is 0 Å². The number of aliphatic hydroxyl groups is 1. The second-order valence-electron chi connectivity index (χ2n) is 4.12. The van der Waals surface area contributed by atoms with Gasteiger partial charge in [-0.2, -0.15) is 0 Å². The van der Waals surface area contributed by atoms with Crippen molar-refractivity contribution >= 4 is 0 Å². The molecule has 0 amide bonds. The van der Waals surface area contributed by atoms with Crippen LogP contribution in [-0.4, -0.2) is 12.2 Å². The number of hydrogen-bond donors (Lipinski definition) is 1. The molecule has 1 N–H and O–H groups in total. The SMILES string of the molecule is CCCCCCC.CCCCCCC.CO. The zero-order valence-electron chi connectivity index (χ0n) is 12.5. The van der Waals surface area contributed by atoms with Crippen molar-refractivity contribution in [3.8, 4) is 0 Å². The average Bonchev–Trinajstić information content (AvgIpc) is 2.34. The third kappa shape index (κ3) is 37.0. The lowest BCUT2D eigenvalue weighted by Crippen LogP contribution is -1.70. The topological polar surface area (TPSA) is 20.2 Å². The molecular formula is C15H36O. The standard InChI is InChI=1S/2C7H16.CH4O/c2*1-3-5-7-6-4-2;1-2/h2*3-7H2,1-2H3;2H,1H3. The van der Waals surface area contributed by atoms with Gasteiger partial charge in [-0.15, -0.1) is 0 Å². The number of rotatable bonds is 8. The van der Waals surface area contributed by atoms with Gasteiger partial charge < -0.3 is 5.11 Å². The Hall–Kier alpha value is -0.0400. The van der Waals surface area contributed by atoms with Crippen LogP contribution in [-0.2, 0) is 0 Å². The Morgan fingerprint density at radius 1 is 0.438 bits per heavy atom. The molecule has 1 heteroatoms. The fourth-order valence-corrected chi connectivity index (χ4v) is 1.35. The summed E-state index contributed by atoms with van der Waals surface area (Å²) in [4.78, 5) is 0. The number of hydrogen-bond acceptors (Lipinski definition) is 1. The smallest absolute Gasteiger partial charge is 0.0319 e. The summed E-state index contributed by atoms with van der Waals surface area (Å²) in [5.74, 6) is 0. The molecule has 0 fully saturated rings. The van der Waals surface area contributed by atoms with E-state index in [1.165, 1.54) is 64.2 Å². The van der Waals surface area contributed by atoms with Crippen molar-refractivity contribution in [3.63, 3.8) is 0 Å². The predicted octanol–water partition coefficient (Wildman–Crippen LogP) is 5.56. The van der Waals surface area contributed by atoms with Gasteiger partial charge in [0, 0.05) is 7.11 Å². The van der Waals surface area contributed by atoms with Crippen molar-refractivity contribution in [3.05, 3.63) is 0 Å². The van der Waals surface area contributed by atoms with E-state index in [1.54, 1.807) is 0 Å². The van der Waals surface area contributed by atoms with Crippen LogP contribution in [0.5, 0.6) is 0 Å². The van der Waals surface area contributed by atoms with E-state index in [1.807, 2.05) is 0 Å². The molecule has 0 aliphatic heterocycles. The van der Waals surface area contributed by atoms with Gasteiger partial charge >= 0.3 is 0 Å². The highest BCUT2D eigenvalue weighted by Crippen LogP contribution is 2.00. The van der Waals surface area contributed by atoms with Crippen LogP contribution in [0.1, 0.15) is 91.9 Å². The minimum atomic E-state index is 1.00. The highest BCUT2D eigenvalue weighted by atomic mass is 16.2. The van der Waals surface area contributed by atoms with Crippen molar-refractivity contribution < 1.29 is 5.11 Å². The van der Waals surface area contributed by atoms with Crippen LogP contribution >= 0.6 is 0 Å². The molecular weight excluding hydrogens is 196 g/mol. The Morgan fingerprint density at radius 2 is 0.625 bits per heavy atom. The van der Waals surface area contributed by atoms with Crippen molar-refractivity contribution in [2.45, 2.75) is 91.9 Å². The molecule has 0 saturated heterocycles. The third-order valence-corrected chi connectivity index (χ3v) is 2.41. The summed E-state index contributed by atoms with van der Waals surface area (Å²) in [5, 5.41) is 7.00. The zero-order chi connectivity index (χ0) is 13.1. The predicted molar refractivity (Wildman–Crippen MR) is 77.0 cm³/mol. The molecule has 0 aliphatic rings. The van der Waals surface area contributed by atoms with Crippen molar-refractivity contribution in [2.24, 2.45) is 0 Å². The summed E-state index contributed by atoms with van der Waals surface area (Å²) >= 11 is 0. The Kier molecular flexibility index (Phi) is 39.1. The third-order valence-electron chi connectivity index (χ3n) is 2.41. The van der Waals surface area contributed by atoms with E-state index in [0.29, 0.717) is 0 Å². The fourth-order valence-electron chi connectivity index (χ4n) is 1.35. The van der Waals surface area contributed by atoms with Crippen LogP contribution < -0.4 is 0 Å². The second kappa shape index (κ2) is 29.4. The molecule has 1 nitrogen and oxygen atoms in total. The van der Waals surface area contributed by atoms with Crippen LogP contribution in [0.4, 0.5) is 0 Å². The number of unbranched alkanes of at least 4 members (excludes halogenated alkanes) is 8. The molecule has 0 aromatic carbocycles. The molecule has 0 atom stereocenters. The lowest BCUT2D eigenvalue weighted by molar-refractivity contribution is 0.399. The molecule has 0 unspecified atom stereocenters. The van der Waals surface area contributed by atoms with Crippen molar-refractivity contribution in [2.75, 3.05) is 7.11 Å². The normalized spacial score (nSPS) is 8.62. The molecule has 0 heterocycles. The highest BCUT2D eigenvalue weighted by Gasteiger charge is 1.80. The van der Waals surface area contributed by atoms with Gasteiger partial charge in [-0.1, -0.05) is 91.9 Å². The summed E-state index contributed by atoms with van der Waals surface area (Å²) in [6.07, 6.45) is 14.0. The summed E-state index contributed by atoms with van der Waals surface area (Å²) in [7, 11) is 1.00. The summed E-state index contributed by atoms with van der Waals surface area (Å²) < 4.78 is 0. The molecule has 0 aromatic heterocycles. The van der Waals surface area contributed by atoms with Gasteiger partial charge in [0.25, 0.3) is 0 Å². The van der Waals surface area contributed by atoms with E-state index >= 15 is 0 Å². The molecule has 102 valence electrons. The molecule has 0 radical (unpaired) electrons. The summed E-state index contributed by atoms with van der Waals surface area (Å²) in [6.45, 7) is 8.98. The minimum Gasteiger partial charge on any atom is -0.400 e. The van der Waals surface area contributed by atoms with E-state index in [2.05, 4.69) is 27.7 Å². The molecule has 0 aromatic rings. The monoisotopic (exact) mass is 232 g/mol. The minimum absolute atomic E-state index is 1.00. The van der Waals surface area contributed by atoms with Gasteiger partial charge in [0.2, 0.25) is 0 Å². The van der Waals surface area contributed by atoms with Gasteiger partial charge in [0.05, 0.1) is 0 Å². The quantitative estimate of drug-likeness (QED) is 0.543. The van der Waals surface area contributed by atoms with Crippen LogP contribution in [0.3, 0.4) is 0 Å². The first-order valence-corrected chi connectivity index (χ1v) is 7.28. The zero-order valence-corrected chi connectivity index (χ0v) is 12.5. The Labute approximate surface area is 105 Å². The van der Waals surface area contributed by atoms with E-state index in [4.69, 9.17) is 5.11 Å². The van der Waals surface area contributed by atoms with Gasteiger partial charge in [0.1, 0.15) is 0 Å². The Balaban J connectivity index is -0.000000183. The molecule has 0 rings (SSSR count). The van der Waals surface area contributed by atoms with E-state index in [-0.39, 0.29) is 0 Å². The molecule has 0 saturated carbocycles. The Bertz CT molecular complexity index is 53.8. The first kappa shape index (κ1) is 21.3. The Morgan fingerprint density at radius 3 is 0.750 bits per heavy atom. The molecule has 0 spiro atoms. The lowest BCUT2D eigenvalue weighted by Gasteiger charge is -1.90. The largest absolute Gasteiger partial charge is 0.400 e. The van der Waals surface area contributed by atoms with Gasteiger partial charge in [-0.05, 0) is 0 Å². The lowest BCUT2D eigenvalue weighted by atomic mass is 10.2. The van der Waals surface area contributed by atoms with E-state index in [9.17, 15) is 0 Å². The first-order valence-electron chi connectivity index (χ1n) is 7.28. The van der Waals surface area contributed by atoms with Gasteiger partial charge in [-0.25, -0.2) is 0 Å². The van der Waals surface area contributed by atoms with Crippen LogP contribution in [0.2, 0.25) is 0 Å². The van der Waals surface area contributed by atoms with Crippen molar-refractivity contribution in [1.29, 1.82) is 0 Å². The van der Waals surface area contributed by atoms with E-state index < -0.39 is 0 Å². The van der Waals surface area contributed by atoms with Crippen LogP contribution in [0.15, 0.2) is 0 Å². The fraction of sp³-hybridized carbons (Fsp3) is 1.00. The molecule has 16 heavy (non-hydrogen) atoms. The van der Waals surface area contributed by atoms with Crippen molar-refractivity contribution in [1.82, 2.24) is 0 Å². The molecule has 0 aliphatic carbocycles. The maximum absolute atomic E-state index is 7.00. The summed E-state index contributed by atoms with van der Waals surface area (Å²) in [5.41, 5.74) is 0. The highest BCUT2D eigenvalue weighted by molar-refractivity contribution is 4.36. The van der Waals surface area contributed by atoms with Gasteiger partial charge in [0.15, 0.2) is 0 Å². The average molecular weight is 232 g/mol. The second-order valence-corrected chi connectivity index (χ2v) is 4.12. The maximum atomic E-state index is 7.00. The summed E-state index contributed by atoms with van der Waals surface area (Å²) in [6, 6.07) is 0. The van der Waals surface area contributed by atoms with Crippen LogP contribution in [0.25, 0.3) is 0 Å². The van der Waals surface area contributed by atoms with Gasteiger partial charge in [-0.3, -0.25) is 0 Å². The van der Waals surface area contributed by atoms with E-state index in [0.717, 1.165) is 7.11 Å². The maximum Gasteiger partial charge on any atom is 0.0319 e. The first-order chi connectivity index (χ1) is 7.83.